The van der Waals surface area contributed by atoms with Crippen LogP contribution in [0.2, 0.25) is 0 Å². The van der Waals surface area contributed by atoms with Crippen molar-refractivity contribution < 1.29 is 14.3 Å². The van der Waals surface area contributed by atoms with E-state index in [9.17, 15) is 4.79 Å². The highest BCUT2D eigenvalue weighted by molar-refractivity contribution is 9.09. The summed E-state index contributed by atoms with van der Waals surface area (Å²) < 4.78 is 10.6. The maximum Gasteiger partial charge on any atom is 0.255 e. The number of nitrogens with one attached hydrogen (secondary N) is 1. The third kappa shape index (κ3) is 2.92. The molecule has 1 N–H and O–H groups in total. The van der Waals surface area contributed by atoms with Gasteiger partial charge < -0.3 is 14.8 Å². The summed E-state index contributed by atoms with van der Waals surface area (Å²) in [6.45, 7) is 0. The number of carbonyl (C=O) groups excluding carboxylic acids is 1. The van der Waals surface area contributed by atoms with Crippen LogP contribution in [0.25, 0.3) is 0 Å². The van der Waals surface area contributed by atoms with Crippen molar-refractivity contribution in [3.63, 3.8) is 0 Å². The molecule has 4 nitrogen and oxygen atoms in total. The quantitative estimate of drug-likeness (QED) is 0.837. The molecule has 20 heavy (non-hydrogen) atoms. The molecule has 0 bridgehead atoms. The lowest BCUT2D eigenvalue weighted by Crippen LogP contribution is -2.47. The van der Waals surface area contributed by atoms with Crippen molar-refractivity contribution in [2.24, 2.45) is 0 Å². The van der Waals surface area contributed by atoms with Crippen LogP contribution in [0.1, 0.15) is 36.0 Å². The van der Waals surface area contributed by atoms with E-state index in [1.54, 1.807) is 32.4 Å². The van der Waals surface area contributed by atoms with E-state index in [2.05, 4.69) is 21.2 Å². The molecule has 2 rings (SSSR count). The summed E-state index contributed by atoms with van der Waals surface area (Å²) in [5.74, 6) is 0.941. The van der Waals surface area contributed by atoms with Gasteiger partial charge in [0.25, 0.3) is 5.91 Å². The molecule has 0 aliphatic heterocycles. The Balaban J connectivity index is 2.25. The van der Waals surface area contributed by atoms with Crippen molar-refractivity contribution in [2.75, 3.05) is 19.5 Å². The Bertz CT molecular complexity index is 484. The van der Waals surface area contributed by atoms with Gasteiger partial charge in [-0.2, -0.15) is 0 Å². The topological polar surface area (TPSA) is 47.6 Å². The lowest BCUT2D eigenvalue weighted by molar-refractivity contribution is 0.0906. The van der Waals surface area contributed by atoms with Crippen molar-refractivity contribution in [2.45, 2.75) is 31.2 Å². The first-order chi connectivity index (χ1) is 9.65. The second kappa shape index (κ2) is 6.48. The molecule has 1 aliphatic rings. The minimum atomic E-state index is -0.134. The molecule has 0 spiro atoms. The Kier molecular flexibility index (Phi) is 4.91. The molecule has 0 unspecified atom stereocenters. The number of methoxy groups -OCH3 is 2. The summed E-state index contributed by atoms with van der Waals surface area (Å²) >= 11 is 3.53. The average molecular weight is 342 g/mol. The predicted molar refractivity (Wildman–Crippen MR) is 82.0 cm³/mol. The number of alkyl halides is 1. The van der Waals surface area contributed by atoms with Crippen LogP contribution in [-0.2, 0) is 0 Å². The lowest BCUT2D eigenvalue weighted by Gasteiger charge is -2.28. The molecule has 0 saturated heterocycles. The van der Waals surface area contributed by atoms with E-state index < -0.39 is 0 Å². The van der Waals surface area contributed by atoms with Gasteiger partial charge in [-0.25, -0.2) is 0 Å². The molecule has 1 aromatic carbocycles. The van der Waals surface area contributed by atoms with E-state index in [4.69, 9.17) is 9.47 Å². The first-order valence-corrected chi connectivity index (χ1v) is 7.87. The molecule has 0 heterocycles. The molecule has 1 aromatic rings. The van der Waals surface area contributed by atoms with E-state index in [1.165, 1.54) is 0 Å². The number of hydrogen-bond donors (Lipinski definition) is 1. The highest BCUT2D eigenvalue weighted by Crippen LogP contribution is 2.34. The highest BCUT2D eigenvalue weighted by atomic mass is 79.9. The van der Waals surface area contributed by atoms with Crippen molar-refractivity contribution in [3.05, 3.63) is 23.8 Å². The molecule has 5 heteroatoms. The number of amides is 1. The smallest absolute Gasteiger partial charge is 0.255 e. The summed E-state index contributed by atoms with van der Waals surface area (Å²) in [5, 5.41) is 3.94. The van der Waals surface area contributed by atoms with Crippen molar-refractivity contribution in [3.8, 4) is 11.5 Å². The Hall–Kier alpha value is -1.23. The van der Waals surface area contributed by atoms with Crippen LogP contribution in [0, 0.1) is 0 Å². The van der Waals surface area contributed by atoms with Gasteiger partial charge in [0.2, 0.25) is 0 Å². The third-order valence-electron chi connectivity index (χ3n) is 3.84. The maximum atomic E-state index is 12.5. The molecule has 1 amide bonds. The third-order valence-corrected chi connectivity index (χ3v) is 4.92. The van der Waals surface area contributed by atoms with Crippen LogP contribution in [0.5, 0.6) is 11.5 Å². The number of hydrogen-bond acceptors (Lipinski definition) is 3. The van der Waals surface area contributed by atoms with Gasteiger partial charge in [-0.1, -0.05) is 34.8 Å². The normalized spacial score (nSPS) is 16.8. The predicted octanol–water partition coefficient (Wildman–Crippen LogP) is 3.14. The Morgan fingerprint density at radius 2 is 2.00 bits per heavy atom. The van der Waals surface area contributed by atoms with Crippen LogP contribution in [-0.4, -0.2) is 31.0 Å². The van der Waals surface area contributed by atoms with Gasteiger partial charge in [0.05, 0.1) is 25.3 Å². The Morgan fingerprint density at radius 3 is 2.55 bits per heavy atom. The zero-order valence-electron chi connectivity index (χ0n) is 11.9. The standard InChI is InChI=1S/C15H20BrNO3/c1-19-12-7-5-6-11(13(12)20-2)14(18)17-15(10-16)8-3-4-9-15/h5-7H,3-4,8-10H2,1-2H3,(H,17,18). The molecule has 1 fully saturated rings. The van der Waals surface area contributed by atoms with Gasteiger partial charge in [-0.3, -0.25) is 4.79 Å². The number of rotatable bonds is 5. The lowest BCUT2D eigenvalue weighted by atomic mass is 9.99. The molecular formula is C15H20BrNO3. The minimum Gasteiger partial charge on any atom is -0.493 e. The summed E-state index contributed by atoms with van der Waals surface area (Å²) in [5.41, 5.74) is 0.379. The van der Waals surface area contributed by atoms with Gasteiger partial charge in [0.15, 0.2) is 11.5 Å². The van der Waals surface area contributed by atoms with Crippen LogP contribution in [0.3, 0.4) is 0 Å². The van der Waals surface area contributed by atoms with E-state index >= 15 is 0 Å². The largest absolute Gasteiger partial charge is 0.493 e. The van der Waals surface area contributed by atoms with Crippen LogP contribution in [0.15, 0.2) is 18.2 Å². The van der Waals surface area contributed by atoms with Gasteiger partial charge >= 0.3 is 0 Å². The summed E-state index contributed by atoms with van der Waals surface area (Å²) in [6.07, 6.45) is 4.33. The number of ether oxygens (including phenoxy) is 2. The van der Waals surface area contributed by atoms with Gasteiger partial charge in [0.1, 0.15) is 0 Å². The van der Waals surface area contributed by atoms with Crippen LogP contribution in [0.4, 0.5) is 0 Å². The van der Waals surface area contributed by atoms with Crippen molar-refractivity contribution in [1.29, 1.82) is 0 Å². The molecule has 110 valence electrons. The number of carbonyl (C=O) groups is 1. The molecule has 0 radical (unpaired) electrons. The Morgan fingerprint density at radius 1 is 1.30 bits per heavy atom. The SMILES string of the molecule is COc1cccc(C(=O)NC2(CBr)CCCC2)c1OC. The summed E-state index contributed by atoms with van der Waals surface area (Å²) in [7, 11) is 3.11. The first kappa shape index (κ1) is 15.2. The van der Waals surface area contributed by atoms with Crippen molar-refractivity contribution in [1.82, 2.24) is 5.32 Å². The highest BCUT2D eigenvalue weighted by Gasteiger charge is 2.35. The van der Waals surface area contributed by atoms with E-state index in [-0.39, 0.29) is 11.4 Å². The number of benzene rings is 1. The number of halogens is 1. The molecule has 0 atom stereocenters. The fourth-order valence-electron chi connectivity index (χ4n) is 2.72. The van der Waals surface area contributed by atoms with Crippen LogP contribution >= 0.6 is 15.9 Å². The van der Waals surface area contributed by atoms with Crippen LogP contribution < -0.4 is 14.8 Å². The molecule has 1 aliphatic carbocycles. The van der Waals surface area contributed by atoms with E-state index in [0.717, 1.165) is 31.0 Å². The van der Waals surface area contributed by atoms with E-state index in [1.807, 2.05) is 0 Å². The minimum absolute atomic E-state index is 0.109. The monoisotopic (exact) mass is 341 g/mol. The zero-order chi connectivity index (χ0) is 14.6. The molecule has 1 saturated carbocycles. The van der Waals surface area contributed by atoms with Gasteiger partial charge in [-0.15, -0.1) is 0 Å². The van der Waals surface area contributed by atoms with Gasteiger partial charge in [0, 0.05) is 5.33 Å². The second-order valence-electron chi connectivity index (χ2n) is 5.12. The van der Waals surface area contributed by atoms with Crippen molar-refractivity contribution >= 4 is 21.8 Å². The average Bonchev–Trinajstić information content (AvgIpc) is 2.95. The fourth-order valence-corrected chi connectivity index (χ4v) is 3.42. The molecular weight excluding hydrogens is 322 g/mol. The van der Waals surface area contributed by atoms with Gasteiger partial charge in [-0.05, 0) is 25.0 Å². The first-order valence-electron chi connectivity index (χ1n) is 6.75. The maximum absolute atomic E-state index is 12.5. The summed E-state index contributed by atoms with van der Waals surface area (Å²) in [6, 6.07) is 5.34. The van der Waals surface area contributed by atoms with E-state index in [0.29, 0.717) is 17.1 Å². The fraction of sp³-hybridized carbons (Fsp3) is 0.533. The second-order valence-corrected chi connectivity index (χ2v) is 5.68. The zero-order valence-corrected chi connectivity index (χ0v) is 13.5. The summed E-state index contributed by atoms with van der Waals surface area (Å²) in [4.78, 5) is 12.5. The number of para-hydroxylation sites is 1. The Labute approximate surface area is 128 Å². The molecule has 0 aromatic heterocycles.